The molecule has 2 atom stereocenters. The SMILES string of the molecule is NC(=O)CN(c1ccc(-c2nnn(CC3CCCCO3)n2)cc1)S(=O)O. The molecule has 0 saturated carbocycles. The van der Waals surface area contributed by atoms with Gasteiger partial charge in [-0.2, -0.15) is 4.80 Å². The second kappa shape index (κ2) is 8.34. The van der Waals surface area contributed by atoms with Crippen LogP contribution in [0, 0.1) is 0 Å². The fraction of sp³-hybridized carbons (Fsp3) is 0.467. The highest BCUT2D eigenvalue weighted by atomic mass is 32.2. The maximum atomic E-state index is 11.4. The molecule has 2 heterocycles. The first kappa shape index (κ1) is 18.4. The zero-order chi connectivity index (χ0) is 18.5. The van der Waals surface area contributed by atoms with Crippen molar-refractivity contribution in [1.29, 1.82) is 0 Å². The van der Waals surface area contributed by atoms with E-state index in [2.05, 4.69) is 15.4 Å². The summed E-state index contributed by atoms with van der Waals surface area (Å²) in [5.41, 5.74) is 6.19. The number of hydrogen-bond acceptors (Lipinski definition) is 6. The van der Waals surface area contributed by atoms with Gasteiger partial charge in [0, 0.05) is 12.2 Å². The van der Waals surface area contributed by atoms with E-state index in [-0.39, 0.29) is 12.6 Å². The van der Waals surface area contributed by atoms with Crippen molar-refractivity contribution in [3.63, 3.8) is 0 Å². The van der Waals surface area contributed by atoms with E-state index in [1.54, 1.807) is 24.3 Å². The third-order valence-corrected chi connectivity index (χ3v) is 4.71. The lowest BCUT2D eigenvalue weighted by Gasteiger charge is -2.21. The molecule has 140 valence electrons. The Kier molecular flexibility index (Phi) is 5.91. The Morgan fingerprint density at radius 1 is 1.38 bits per heavy atom. The maximum Gasteiger partial charge on any atom is 0.262 e. The lowest BCUT2D eigenvalue weighted by Crippen LogP contribution is -2.34. The number of carbonyl (C=O) groups is 1. The highest BCUT2D eigenvalue weighted by Crippen LogP contribution is 2.21. The van der Waals surface area contributed by atoms with Crippen LogP contribution in [0.15, 0.2) is 24.3 Å². The van der Waals surface area contributed by atoms with Gasteiger partial charge in [0.2, 0.25) is 11.7 Å². The number of carbonyl (C=O) groups excluding carboxylic acids is 1. The van der Waals surface area contributed by atoms with Gasteiger partial charge < -0.3 is 10.5 Å². The van der Waals surface area contributed by atoms with Gasteiger partial charge in [0.05, 0.1) is 18.3 Å². The van der Waals surface area contributed by atoms with E-state index in [4.69, 9.17) is 10.5 Å². The predicted octanol–water partition coefficient (Wildman–Crippen LogP) is 0.338. The molecule has 3 N–H and O–H groups in total. The molecule has 1 aromatic heterocycles. The molecule has 3 rings (SSSR count). The number of ether oxygens (including phenoxy) is 1. The summed E-state index contributed by atoms with van der Waals surface area (Å²) in [6, 6.07) is 6.57. The van der Waals surface area contributed by atoms with E-state index in [0.717, 1.165) is 30.2 Å². The van der Waals surface area contributed by atoms with E-state index < -0.39 is 17.2 Å². The van der Waals surface area contributed by atoms with Crippen molar-refractivity contribution >= 4 is 22.9 Å². The van der Waals surface area contributed by atoms with Crippen molar-refractivity contribution in [2.45, 2.75) is 31.9 Å². The predicted molar refractivity (Wildman–Crippen MR) is 94.2 cm³/mol. The summed E-state index contributed by atoms with van der Waals surface area (Å²) in [5.74, 6) is -0.259. The summed E-state index contributed by atoms with van der Waals surface area (Å²) >= 11 is -2.36. The van der Waals surface area contributed by atoms with Crippen LogP contribution in [0.25, 0.3) is 11.4 Å². The van der Waals surface area contributed by atoms with Crippen LogP contribution in [0.2, 0.25) is 0 Å². The molecule has 0 aliphatic carbocycles. The summed E-state index contributed by atoms with van der Waals surface area (Å²) in [4.78, 5) is 12.6. The van der Waals surface area contributed by atoms with E-state index in [1.807, 2.05) is 0 Å². The molecule has 26 heavy (non-hydrogen) atoms. The minimum absolute atomic E-state index is 0.107. The zero-order valence-electron chi connectivity index (χ0n) is 14.0. The number of tetrazole rings is 1. The van der Waals surface area contributed by atoms with Gasteiger partial charge in [0.1, 0.15) is 6.54 Å². The number of rotatable bonds is 7. The highest BCUT2D eigenvalue weighted by molar-refractivity contribution is 7.80. The molecule has 1 saturated heterocycles. The summed E-state index contributed by atoms with van der Waals surface area (Å²) in [5, 5.41) is 12.4. The summed E-state index contributed by atoms with van der Waals surface area (Å²) in [6.45, 7) is 0.959. The van der Waals surface area contributed by atoms with E-state index >= 15 is 0 Å². The van der Waals surface area contributed by atoms with Gasteiger partial charge in [-0.1, -0.05) is 0 Å². The smallest absolute Gasteiger partial charge is 0.262 e. The lowest BCUT2D eigenvalue weighted by molar-refractivity contribution is -0.116. The first-order chi connectivity index (χ1) is 12.5. The number of primary amides is 1. The summed E-state index contributed by atoms with van der Waals surface area (Å²) in [6.07, 6.45) is 3.32. The number of benzene rings is 1. The Morgan fingerprint density at radius 3 is 2.77 bits per heavy atom. The van der Waals surface area contributed by atoms with Gasteiger partial charge in [-0.15, -0.1) is 10.2 Å². The highest BCUT2D eigenvalue weighted by Gasteiger charge is 2.18. The lowest BCUT2D eigenvalue weighted by atomic mass is 10.1. The molecule has 1 amide bonds. The number of nitrogens with zero attached hydrogens (tertiary/aromatic N) is 5. The average Bonchev–Trinajstić information content (AvgIpc) is 3.09. The molecule has 0 radical (unpaired) electrons. The molecule has 2 aromatic rings. The fourth-order valence-electron chi connectivity index (χ4n) is 2.72. The normalized spacial score (nSPS) is 18.4. The Labute approximate surface area is 152 Å². The van der Waals surface area contributed by atoms with Crippen LogP contribution in [0.1, 0.15) is 19.3 Å². The van der Waals surface area contributed by atoms with Crippen LogP contribution in [-0.2, 0) is 27.3 Å². The van der Waals surface area contributed by atoms with Crippen molar-refractivity contribution in [1.82, 2.24) is 20.2 Å². The Hall–Kier alpha value is -2.37. The van der Waals surface area contributed by atoms with Crippen molar-refractivity contribution in [2.24, 2.45) is 5.73 Å². The van der Waals surface area contributed by atoms with Crippen LogP contribution in [0.3, 0.4) is 0 Å². The molecule has 1 aromatic carbocycles. The van der Waals surface area contributed by atoms with Gasteiger partial charge >= 0.3 is 0 Å². The van der Waals surface area contributed by atoms with Crippen LogP contribution in [0.4, 0.5) is 5.69 Å². The quantitative estimate of drug-likeness (QED) is 0.661. The number of anilines is 1. The van der Waals surface area contributed by atoms with Gasteiger partial charge in [0.15, 0.2) is 0 Å². The molecule has 2 unspecified atom stereocenters. The Morgan fingerprint density at radius 2 is 2.15 bits per heavy atom. The van der Waals surface area contributed by atoms with E-state index in [0.29, 0.717) is 23.6 Å². The van der Waals surface area contributed by atoms with E-state index in [9.17, 15) is 13.6 Å². The number of aromatic nitrogens is 4. The zero-order valence-corrected chi connectivity index (χ0v) is 14.8. The molecule has 1 aliphatic rings. The Bertz CT molecular complexity index is 775. The first-order valence-corrected chi connectivity index (χ1v) is 9.26. The first-order valence-electron chi connectivity index (χ1n) is 8.19. The molecular formula is C15H20N6O4S. The monoisotopic (exact) mass is 380 g/mol. The van der Waals surface area contributed by atoms with Crippen molar-refractivity contribution in [3.8, 4) is 11.4 Å². The van der Waals surface area contributed by atoms with Crippen LogP contribution >= 0.6 is 0 Å². The third-order valence-electron chi connectivity index (χ3n) is 4.00. The van der Waals surface area contributed by atoms with Gasteiger partial charge in [-0.05, 0) is 48.7 Å². The molecule has 0 spiro atoms. The molecule has 10 nitrogen and oxygen atoms in total. The summed E-state index contributed by atoms with van der Waals surface area (Å²) < 4.78 is 27.3. The third kappa shape index (κ3) is 4.62. The van der Waals surface area contributed by atoms with E-state index in [1.165, 1.54) is 4.80 Å². The largest absolute Gasteiger partial charge is 0.376 e. The topological polar surface area (TPSA) is 136 Å². The van der Waals surface area contributed by atoms with Crippen molar-refractivity contribution in [2.75, 3.05) is 17.5 Å². The van der Waals surface area contributed by atoms with Gasteiger partial charge in [-0.25, -0.2) is 4.21 Å². The van der Waals surface area contributed by atoms with Crippen LogP contribution in [0.5, 0.6) is 0 Å². The van der Waals surface area contributed by atoms with Crippen LogP contribution < -0.4 is 10.0 Å². The second-order valence-corrected chi connectivity index (χ2v) is 6.84. The molecule has 1 fully saturated rings. The number of nitrogens with two attached hydrogens (primary N) is 1. The molecular weight excluding hydrogens is 360 g/mol. The second-order valence-electron chi connectivity index (χ2n) is 5.94. The van der Waals surface area contributed by atoms with Crippen molar-refractivity contribution < 1.29 is 18.3 Å². The van der Waals surface area contributed by atoms with Gasteiger partial charge in [0.25, 0.3) is 11.3 Å². The molecule has 1 aliphatic heterocycles. The summed E-state index contributed by atoms with van der Waals surface area (Å²) in [7, 11) is 0. The molecule has 11 heteroatoms. The number of hydrogen-bond donors (Lipinski definition) is 2. The fourth-order valence-corrected chi connectivity index (χ4v) is 3.26. The Balaban J connectivity index is 1.70. The van der Waals surface area contributed by atoms with Crippen molar-refractivity contribution in [3.05, 3.63) is 24.3 Å². The minimum atomic E-state index is -2.36. The van der Waals surface area contributed by atoms with Gasteiger partial charge in [-0.3, -0.25) is 13.7 Å². The average molecular weight is 380 g/mol. The van der Waals surface area contributed by atoms with Crippen LogP contribution in [-0.4, -0.2) is 54.1 Å². The molecule has 0 bridgehead atoms. The maximum absolute atomic E-state index is 11.4. The number of amides is 1. The minimum Gasteiger partial charge on any atom is -0.376 e. The standard InChI is InChI=1S/C15H20N6O4S/c16-14(22)10-20(26(23)24)12-6-4-11(5-7-12)15-17-19-21(18-15)9-13-3-1-2-8-25-13/h4-7,13H,1-3,8-10H2,(H2,16,22)(H,23,24).